The molecule has 8 N–H and O–H groups in total. The summed E-state index contributed by atoms with van der Waals surface area (Å²) in [6.45, 7) is -1.28. The largest absolute Gasteiger partial charge is 0.489 e. The first-order valence-electron chi connectivity index (χ1n) is 13.4. The Kier molecular flexibility index (Phi) is 12.3. The maximum atomic E-state index is 13.2. The first-order valence-corrected chi connectivity index (χ1v) is 13.4. The Labute approximate surface area is 242 Å². The molecule has 3 rings (SSSR count). The van der Waals surface area contributed by atoms with E-state index < -0.39 is 67.7 Å². The Morgan fingerprint density at radius 2 is 1.36 bits per heavy atom. The number of para-hydroxylation sites is 1. The van der Waals surface area contributed by atoms with Crippen LogP contribution in [0.4, 0.5) is 5.69 Å². The second kappa shape index (κ2) is 16.3. The zero-order chi connectivity index (χ0) is 30.3. The number of amides is 6. The van der Waals surface area contributed by atoms with Crippen molar-refractivity contribution in [3.05, 3.63) is 59.7 Å². The third-order valence-corrected chi connectivity index (χ3v) is 6.11. The van der Waals surface area contributed by atoms with E-state index in [1.165, 1.54) is 6.07 Å². The number of hydrogen-bond donors (Lipinski definition) is 7. The monoisotopic (exact) mass is 581 g/mol. The summed E-state index contributed by atoms with van der Waals surface area (Å²) in [5.41, 5.74) is 6.48. The molecule has 0 aromatic heterocycles. The predicted octanol–water partition coefficient (Wildman–Crippen LogP) is -1.09. The Hall–Kier alpha value is -4.98. The number of anilines is 1. The van der Waals surface area contributed by atoms with Gasteiger partial charge in [-0.05, 0) is 50.1 Å². The standard InChI is InChI=1S/C28H35N7O7/c29-11-5-4-8-22-28(41)34-19-10-9-18(17-42-20-6-2-1-3-7-20)21(12-19)27(40)33-15-25(38)31-13-23(36)30-14-24(37)32-16-26(39)35-22/h1-3,6-7,9-10,12,22H,4-5,8,11,13-17,29H2,(H,30,36)(H,31,38)(H,32,37)(H,33,40)(H,34,41)(H,35,39)/t22-/m0/s1. The molecular formula is C28H35N7O7. The minimum atomic E-state index is -0.951. The second-order valence-electron chi connectivity index (χ2n) is 9.38. The van der Waals surface area contributed by atoms with Crippen LogP contribution in [0.5, 0.6) is 5.75 Å². The number of fused-ring (bicyclic) bond motifs is 2. The topological polar surface area (TPSA) is 210 Å². The average molecular weight is 582 g/mol. The number of unbranched alkanes of at least 4 members (excludes halogenated alkanes) is 1. The van der Waals surface area contributed by atoms with Crippen molar-refractivity contribution in [1.82, 2.24) is 26.6 Å². The third-order valence-electron chi connectivity index (χ3n) is 6.11. The molecule has 0 unspecified atom stereocenters. The van der Waals surface area contributed by atoms with Crippen molar-refractivity contribution in [2.24, 2.45) is 5.73 Å². The molecule has 14 heteroatoms. The fraction of sp³-hybridized carbons (Fsp3) is 0.357. The third kappa shape index (κ3) is 10.5. The van der Waals surface area contributed by atoms with E-state index in [-0.39, 0.29) is 24.3 Å². The zero-order valence-electron chi connectivity index (χ0n) is 23.0. The molecule has 14 nitrogen and oxygen atoms in total. The van der Waals surface area contributed by atoms with Crippen LogP contribution in [-0.4, -0.2) is 74.2 Å². The molecule has 2 aromatic carbocycles. The molecule has 6 amide bonds. The molecule has 42 heavy (non-hydrogen) atoms. The summed E-state index contributed by atoms with van der Waals surface area (Å²) in [6, 6.07) is 12.7. The molecule has 0 spiro atoms. The van der Waals surface area contributed by atoms with E-state index in [9.17, 15) is 28.8 Å². The van der Waals surface area contributed by atoms with Crippen LogP contribution < -0.4 is 42.4 Å². The van der Waals surface area contributed by atoms with Gasteiger partial charge < -0.3 is 42.4 Å². The van der Waals surface area contributed by atoms with Crippen LogP contribution in [0.2, 0.25) is 0 Å². The van der Waals surface area contributed by atoms with E-state index in [4.69, 9.17) is 10.5 Å². The van der Waals surface area contributed by atoms with Gasteiger partial charge in [0.1, 0.15) is 18.4 Å². The first kappa shape index (κ1) is 31.5. The van der Waals surface area contributed by atoms with Gasteiger partial charge in [-0.2, -0.15) is 0 Å². The van der Waals surface area contributed by atoms with Crippen LogP contribution in [-0.2, 0) is 30.6 Å². The van der Waals surface area contributed by atoms with Gasteiger partial charge in [-0.3, -0.25) is 28.8 Å². The quantitative estimate of drug-likeness (QED) is 0.199. The molecule has 2 bridgehead atoms. The van der Waals surface area contributed by atoms with E-state index >= 15 is 0 Å². The highest BCUT2D eigenvalue weighted by molar-refractivity contribution is 6.01. The fourth-order valence-electron chi connectivity index (χ4n) is 3.89. The highest BCUT2D eigenvalue weighted by Crippen LogP contribution is 2.20. The first-order chi connectivity index (χ1) is 20.2. The molecule has 0 radical (unpaired) electrons. The zero-order valence-corrected chi connectivity index (χ0v) is 23.0. The van der Waals surface area contributed by atoms with E-state index in [0.717, 1.165) is 0 Å². The minimum absolute atomic E-state index is 0.0247. The van der Waals surface area contributed by atoms with Gasteiger partial charge in [0, 0.05) is 16.8 Å². The lowest BCUT2D eigenvalue weighted by atomic mass is 10.0. The van der Waals surface area contributed by atoms with Crippen molar-refractivity contribution in [2.45, 2.75) is 31.9 Å². The van der Waals surface area contributed by atoms with Crippen LogP contribution in [0.3, 0.4) is 0 Å². The maximum absolute atomic E-state index is 13.2. The summed E-state index contributed by atoms with van der Waals surface area (Å²) in [5, 5.41) is 14.9. The average Bonchev–Trinajstić information content (AvgIpc) is 2.99. The van der Waals surface area contributed by atoms with Gasteiger partial charge in [0.25, 0.3) is 5.91 Å². The molecule has 1 heterocycles. The lowest BCUT2D eigenvalue weighted by Gasteiger charge is -2.20. The Balaban J connectivity index is 1.86. The molecule has 0 aliphatic carbocycles. The number of benzene rings is 2. The summed E-state index contributed by atoms with van der Waals surface area (Å²) >= 11 is 0. The number of rotatable bonds is 7. The molecule has 1 aliphatic rings. The van der Waals surface area contributed by atoms with Crippen molar-refractivity contribution in [3.8, 4) is 5.75 Å². The summed E-state index contributed by atoms with van der Waals surface area (Å²) in [6.07, 6.45) is 1.47. The van der Waals surface area contributed by atoms with Gasteiger partial charge in [-0.25, -0.2) is 0 Å². The van der Waals surface area contributed by atoms with Crippen LogP contribution in [0.25, 0.3) is 0 Å². The number of carbonyl (C=O) groups excluding carboxylic acids is 6. The van der Waals surface area contributed by atoms with Gasteiger partial charge in [0.2, 0.25) is 29.5 Å². The molecule has 224 valence electrons. The van der Waals surface area contributed by atoms with Gasteiger partial charge in [-0.15, -0.1) is 0 Å². The van der Waals surface area contributed by atoms with Gasteiger partial charge in [0.15, 0.2) is 0 Å². The van der Waals surface area contributed by atoms with Crippen LogP contribution in [0.15, 0.2) is 48.5 Å². The predicted molar refractivity (Wildman–Crippen MR) is 152 cm³/mol. The molecule has 1 aliphatic heterocycles. The Bertz CT molecular complexity index is 1290. The lowest BCUT2D eigenvalue weighted by Crippen LogP contribution is -2.49. The number of carbonyl (C=O) groups is 6. The summed E-state index contributed by atoms with van der Waals surface area (Å²) in [4.78, 5) is 75.1. The van der Waals surface area contributed by atoms with Crippen molar-refractivity contribution in [2.75, 3.05) is 38.0 Å². The van der Waals surface area contributed by atoms with Crippen LogP contribution in [0.1, 0.15) is 35.2 Å². The second-order valence-corrected chi connectivity index (χ2v) is 9.38. The van der Waals surface area contributed by atoms with E-state index in [1.54, 1.807) is 36.4 Å². The number of ether oxygens (including phenoxy) is 1. The van der Waals surface area contributed by atoms with Crippen molar-refractivity contribution in [1.29, 1.82) is 0 Å². The van der Waals surface area contributed by atoms with Gasteiger partial charge >= 0.3 is 0 Å². The summed E-state index contributed by atoms with van der Waals surface area (Å²) in [5.74, 6) is -3.10. The number of nitrogens with two attached hydrogens (primary N) is 1. The number of nitrogens with one attached hydrogen (secondary N) is 6. The van der Waals surface area contributed by atoms with Gasteiger partial charge in [-0.1, -0.05) is 24.3 Å². The number of hydrogen-bond acceptors (Lipinski definition) is 8. The van der Waals surface area contributed by atoms with Gasteiger partial charge in [0.05, 0.1) is 26.2 Å². The molecule has 0 fully saturated rings. The summed E-state index contributed by atoms with van der Waals surface area (Å²) < 4.78 is 5.80. The lowest BCUT2D eigenvalue weighted by molar-refractivity contribution is -0.129. The van der Waals surface area contributed by atoms with Crippen LogP contribution >= 0.6 is 0 Å². The molecule has 0 saturated carbocycles. The Morgan fingerprint density at radius 1 is 0.738 bits per heavy atom. The van der Waals surface area contributed by atoms with E-state index in [0.29, 0.717) is 30.7 Å². The normalized spacial score (nSPS) is 17.5. The maximum Gasteiger partial charge on any atom is 0.252 e. The minimum Gasteiger partial charge on any atom is -0.489 e. The fourth-order valence-corrected chi connectivity index (χ4v) is 3.89. The van der Waals surface area contributed by atoms with E-state index in [1.807, 2.05) is 6.07 Å². The molecule has 0 saturated heterocycles. The molecule has 2 aromatic rings. The van der Waals surface area contributed by atoms with Crippen molar-refractivity contribution < 1.29 is 33.5 Å². The Morgan fingerprint density at radius 3 is 2.00 bits per heavy atom. The molecular weight excluding hydrogens is 546 g/mol. The highest BCUT2D eigenvalue weighted by Gasteiger charge is 2.22. The SMILES string of the molecule is NCCCC[C@@H]1NC(=O)CNC(=O)CNC(=O)CNC(=O)CNC(=O)c2cc(ccc2COc2ccccc2)NC1=O. The van der Waals surface area contributed by atoms with Crippen LogP contribution in [0, 0.1) is 0 Å². The van der Waals surface area contributed by atoms with E-state index in [2.05, 4.69) is 31.9 Å². The van der Waals surface area contributed by atoms with Crippen molar-refractivity contribution in [3.63, 3.8) is 0 Å². The highest BCUT2D eigenvalue weighted by atomic mass is 16.5. The smallest absolute Gasteiger partial charge is 0.252 e. The molecule has 1 atom stereocenters. The van der Waals surface area contributed by atoms with Crippen molar-refractivity contribution >= 4 is 41.1 Å². The summed E-state index contributed by atoms with van der Waals surface area (Å²) in [7, 11) is 0.